The Bertz CT molecular complexity index is 490. The van der Waals surface area contributed by atoms with Gasteiger partial charge in [-0.25, -0.2) is 0 Å². The number of aryl methyl sites for hydroxylation is 2. The van der Waals surface area contributed by atoms with E-state index in [-0.39, 0.29) is 5.97 Å². The van der Waals surface area contributed by atoms with Gasteiger partial charge in [-0.2, -0.15) is 0 Å². The van der Waals surface area contributed by atoms with Crippen LogP contribution in [0.4, 0.5) is 0 Å². The van der Waals surface area contributed by atoms with Gasteiger partial charge in [-0.1, -0.05) is 32.3 Å². The van der Waals surface area contributed by atoms with Gasteiger partial charge in [0.2, 0.25) is 0 Å². The molecule has 1 heterocycles. The summed E-state index contributed by atoms with van der Waals surface area (Å²) >= 11 is 0. The first-order valence-electron chi connectivity index (χ1n) is 7.61. The minimum Gasteiger partial charge on any atom is -0.426 e. The van der Waals surface area contributed by atoms with Crippen LogP contribution in [0.25, 0.3) is 0 Å². The molecule has 0 radical (unpaired) electrons. The third-order valence-corrected chi connectivity index (χ3v) is 4.50. The van der Waals surface area contributed by atoms with Crippen molar-refractivity contribution in [3.8, 4) is 5.75 Å². The molecule has 0 saturated carbocycles. The Balaban J connectivity index is 1.80. The molecule has 2 nitrogen and oxygen atoms in total. The molecule has 3 rings (SSSR count). The Morgan fingerprint density at radius 3 is 2.89 bits per heavy atom. The molecule has 1 aromatic carbocycles. The molecular weight excluding hydrogens is 236 g/mol. The fraction of sp³-hybridized carbons (Fsp3) is 0.588. The minimum absolute atomic E-state index is 0.0780. The Labute approximate surface area is 115 Å². The van der Waals surface area contributed by atoms with Crippen molar-refractivity contribution in [1.29, 1.82) is 0 Å². The molecule has 2 aliphatic rings. The predicted molar refractivity (Wildman–Crippen MR) is 75.4 cm³/mol. The van der Waals surface area contributed by atoms with Crippen LogP contribution in [0.2, 0.25) is 0 Å². The molecule has 1 atom stereocenters. The molecule has 19 heavy (non-hydrogen) atoms. The molecule has 1 aliphatic carbocycles. The summed E-state index contributed by atoms with van der Waals surface area (Å²) in [6, 6.07) is 4.42. The second kappa shape index (κ2) is 5.36. The molecule has 0 amide bonds. The van der Waals surface area contributed by atoms with Crippen LogP contribution < -0.4 is 4.74 Å². The molecule has 0 aromatic heterocycles. The zero-order chi connectivity index (χ0) is 13.2. The van der Waals surface area contributed by atoms with Crippen LogP contribution >= 0.6 is 0 Å². The first kappa shape index (κ1) is 12.7. The number of rotatable bonds is 3. The highest BCUT2D eigenvalue weighted by molar-refractivity contribution is 5.75. The lowest BCUT2D eigenvalue weighted by molar-refractivity contribution is -0.135. The summed E-state index contributed by atoms with van der Waals surface area (Å²) in [6.07, 6.45) is 9.03. The summed E-state index contributed by atoms with van der Waals surface area (Å²) in [6.45, 7) is 2.26. The van der Waals surface area contributed by atoms with Crippen molar-refractivity contribution in [1.82, 2.24) is 0 Å². The molecule has 0 unspecified atom stereocenters. The second-order valence-corrected chi connectivity index (χ2v) is 5.95. The topological polar surface area (TPSA) is 26.3 Å². The number of carbonyl (C=O) groups excluding carboxylic acids is 1. The lowest BCUT2D eigenvalue weighted by atomic mass is 9.80. The van der Waals surface area contributed by atoms with Crippen molar-refractivity contribution in [2.24, 2.45) is 5.92 Å². The number of hydrogen-bond acceptors (Lipinski definition) is 2. The van der Waals surface area contributed by atoms with Crippen LogP contribution in [0.3, 0.4) is 0 Å². The highest BCUT2D eigenvalue weighted by Gasteiger charge is 2.23. The van der Waals surface area contributed by atoms with Crippen LogP contribution in [0.1, 0.15) is 55.7 Å². The minimum atomic E-state index is -0.0780. The van der Waals surface area contributed by atoms with E-state index in [4.69, 9.17) is 4.74 Å². The molecule has 1 aromatic rings. The average molecular weight is 258 g/mol. The number of benzene rings is 1. The number of fused-ring (bicyclic) bond motifs is 2. The van der Waals surface area contributed by atoms with Crippen molar-refractivity contribution < 1.29 is 9.53 Å². The largest absolute Gasteiger partial charge is 0.426 e. The smallest absolute Gasteiger partial charge is 0.311 e. The lowest BCUT2D eigenvalue weighted by Crippen LogP contribution is -2.19. The highest BCUT2D eigenvalue weighted by atomic mass is 16.5. The van der Waals surface area contributed by atoms with Gasteiger partial charge in [0.1, 0.15) is 5.75 Å². The second-order valence-electron chi connectivity index (χ2n) is 5.95. The van der Waals surface area contributed by atoms with Gasteiger partial charge in [0.15, 0.2) is 0 Å². The Kier molecular flexibility index (Phi) is 3.58. The fourth-order valence-electron chi connectivity index (χ4n) is 3.35. The predicted octanol–water partition coefficient (Wildman–Crippen LogP) is 3.83. The summed E-state index contributed by atoms with van der Waals surface area (Å²) in [5.41, 5.74) is 4.13. The van der Waals surface area contributed by atoms with Crippen molar-refractivity contribution in [2.75, 3.05) is 0 Å². The molecule has 2 heteroatoms. The van der Waals surface area contributed by atoms with Crippen molar-refractivity contribution in [3.63, 3.8) is 0 Å². The van der Waals surface area contributed by atoms with Gasteiger partial charge >= 0.3 is 5.97 Å². The summed E-state index contributed by atoms with van der Waals surface area (Å²) in [5, 5.41) is 0. The maximum Gasteiger partial charge on any atom is 0.311 e. The summed E-state index contributed by atoms with van der Waals surface area (Å²) in [7, 11) is 0. The summed E-state index contributed by atoms with van der Waals surface area (Å²) < 4.78 is 5.38. The summed E-state index contributed by atoms with van der Waals surface area (Å²) in [4.78, 5) is 11.4. The first-order valence-corrected chi connectivity index (χ1v) is 7.61. The Hall–Kier alpha value is -1.31. The van der Waals surface area contributed by atoms with Gasteiger partial charge in [0.05, 0.1) is 6.42 Å². The lowest BCUT2D eigenvalue weighted by Gasteiger charge is -2.27. The first-order chi connectivity index (χ1) is 9.26. The zero-order valence-electron chi connectivity index (χ0n) is 11.7. The van der Waals surface area contributed by atoms with Crippen LogP contribution in [-0.2, 0) is 24.1 Å². The maximum atomic E-state index is 11.4. The number of unbranched alkanes of at least 4 members (excludes halogenated alkanes) is 1. The molecule has 102 valence electrons. The van der Waals surface area contributed by atoms with Gasteiger partial charge < -0.3 is 4.74 Å². The van der Waals surface area contributed by atoms with Crippen LogP contribution in [0.5, 0.6) is 5.75 Å². The van der Waals surface area contributed by atoms with Crippen LogP contribution in [-0.4, -0.2) is 5.97 Å². The van der Waals surface area contributed by atoms with E-state index in [9.17, 15) is 4.79 Å². The summed E-state index contributed by atoms with van der Waals surface area (Å²) in [5.74, 6) is 1.57. The highest BCUT2D eigenvalue weighted by Crippen LogP contribution is 2.35. The molecule has 0 saturated heterocycles. The van der Waals surface area contributed by atoms with Crippen LogP contribution in [0.15, 0.2) is 12.1 Å². The van der Waals surface area contributed by atoms with Crippen molar-refractivity contribution in [3.05, 3.63) is 28.8 Å². The molecule has 0 bridgehead atoms. The number of carbonyl (C=O) groups is 1. The monoisotopic (exact) mass is 258 g/mol. The van der Waals surface area contributed by atoms with Crippen molar-refractivity contribution in [2.45, 2.75) is 58.3 Å². The number of hydrogen-bond donors (Lipinski definition) is 0. The molecule has 0 fully saturated rings. The van der Waals surface area contributed by atoms with Gasteiger partial charge in [0.25, 0.3) is 0 Å². The van der Waals surface area contributed by atoms with E-state index in [2.05, 4.69) is 19.1 Å². The standard InChI is InChI=1S/C17H22O2/c1-2-3-4-12-5-6-13-10-14-7-8-17(18)19-16(14)11-15(13)9-12/h10-12H,2-9H2,1H3/t12-/m1/s1. The van der Waals surface area contributed by atoms with Gasteiger partial charge in [-0.15, -0.1) is 0 Å². The van der Waals surface area contributed by atoms with Crippen molar-refractivity contribution >= 4 is 5.97 Å². The van der Waals surface area contributed by atoms with E-state index in [1.807, 2.05) is 0 Å². The third kappa shape index (κ3) is 2.68. The normalized spacial score (nSPS) is 21.5. The zero-order valence-corrected chi connectivity index (χ0v) is 11.7. The van der Waals surface area contributed by atoms with E-state index in [1.165, 1.54) is 55.2 Å². The van der Waals surface area contributed by atoms with E-state index in [0.29, 0.717) is 6.42 Å². The van der Waals surface area contributed by atoms with Gasteiger partial charge in [0, 0.05) is 0 Å². The fourth-order valence-corrected chi connectivity index (χ4v) is 3.35. The number of esters is 1. The molecule has 0 spiro atoms. The molecular formula is C17H22O2. The van der Waals surface area contributed by atoms with E-state index >= 15 is 0 Å². The Morgan fingerprint density at radius 2 is 2.05 bits per heavy atom. The molecule has 0 N–H and O–H groups in total. The number of ether oxygens (including phenoxy) is 1. The SMILES string of the molecule is CCCC[C@@H]1CCc2cc3c(cc2C1)OC(=O)CC3. The van der Waals surface area contributed by atoms with Gasteiger partial charge in [-0.3, -0.25) is 4.79 Å². The maximum absolute atomic E-state index is 11.4. The van der Waals surface area contributed by atoms with E-state index < -0.39 is 0 Å². The molecule has 1 aliphatic heterocycles. The van der Waals surface area contributed by atoms with E-state index in [1.54, 1.807) is 0 Å². The van der Waals surface area contributed by atoms with Crippen LogP contribution in [0, 0.1) is 5.92 Å². The van der Waals surface area contributed by atoms with Gasteiger partial charge in [-0.05, 0) is 54.4 Å². The third-order valence-electron chi connectivity index (χ3n) is 4.50. The quantitative estimate of drug-likeness (QED) is 0.608. The van der Waals surface area contributed by atoms with E-state index in [0.717, 1.165) is 18.1 Å². The average Bonchev–Trinajstić information content (AvgIpc) is 2.42. The Morgan fingerprint density at radius 1 is 1.16 bits per heavy atom.